The average Bonchev–Trinajstić information content (AvgIpc) is 2.62. The van der Waals surface area contributed by atoms with Crippen LogP contribution >= 0.6 is 0 Å². The van der Waals surface area contributed by atoms with Crippen LogP contribution in [-0.4, -0.2) is 11.9 Å². The highest BCUT2D eigenvalue weighted by Crippen LogP contribution is 2.16. The van der Waals surface area contributed by atoms with Crippen LogP contribution in [0.1, 0.15) is 18.1 Å². The Morgan fingerprint density at radius 1 is 1.12 bits per heavy atom. The number of esters is 1. The maximum Gasteiger partial charge on any atom is 0.336 e. The molecule has 1 amide bonds. The van der Waals surface area contributed by atoms with Crippen molar-refractivity contribution in [2.75, 3.05) is 5.32 Å². The van der Waals surface area contributed by atoms with Crippen molar-refractivity contribution in [2.24, 2.45) is 0 Å². The number of nitrogens with zero attached hydrogens (tertiary/aromatic N) is 1. The number of rotatable bonds is 5. The summed E-state index contributed by atoms with van der Waals surface area (Å²) in [6.07, 6.45) is 2.91. The number of ether oxygens (including phenoxy) is 1. The zero-order valence-corrected chi connectivity index (χ0v) is 13.7. The summed E-state index contributed by atoms with van der Waals surface area (Å²) in [5, 5.41) is 11.4. The van der Waals surface area contributed by atoms with Crippen molar-refractivity contribution in [1.29, 1.82) is 5.26 Å². The maximum atomic E-state index is 11.8. The summed E-state index contributed by atoms with van der Waals surface area (Å²) in [6, 6.07) is 15.3. The Morgan fingerprint density at radius 3 is 2.32 bits per heavy atom. The summed E-state index contributed by atoms with van der Waals surface area (Å²) < 4.78 is 5.18. The molecule has 0 heterocycles. The summed E-state index contributed by atoms with van der Waals surface area (Å²) >= 11 is 0. The number of nitriles is 1. The van der Waals surface area contributed by atoms with Gasteiger partial charge in [-0.1, -0.05) is 18.7 Å². The fourth-order valence-corrected chi connectivity index (χ4v) is 1.83. The van der Waals surface area contributed by atoms with Gasteiger partial charge < -0.3 is 10.1 Å². The zero-order valence-electron chi connectivity index (χ0n) is 13.7. The lowest BCUT2D eigenvalue weighted by molar-refractivity contribution is -0.128. The van der Waals surface area contributed by atoms with Gasteiger partial charge in [0, 0.05) is 17.3 Å². The summed E-state index contributed by atoms with van der Waals surface area (Å²) in [4.78, 5) is 23.3. The Morgan fingerprint density at radius 2 is 1.76 bits per heavy atom. The molecule has 0 aliphatic rings. The van der Waals surface area contributed by atoms with E-state index in [-0.39, 0.29) is 5.91 Å². The molecule has 2 rings (SSSR count). The Labute approximate surface area is 145 Å². The molecule has 2 aromatic carbocycles. The molecule has 0 aromatic heterocycles. The van der Waals surface area contributed by atoms with E-state index in [1.54, 1.807) is 61.5 Å². The van der Waals surface area contributed by atoms with Crippen LogP contribution in [-0.2, 0) is 9.59 Å². The first-order chi connectivity index (χ1) is 12.0. The van der Waals surface area contributed by atoms with Gasteiger partial charge in [-0.2, -0.15) is 5.26 Å². The lowest BCUT2D eigenvalue weighted by atomic mass is 10.1. The minimum atomic E-state index is -0.525. The van der Waals surface area contributed by atoms with Crippen LogP contribution in [0.5, 0.6) is 5.75 Å². The molecule has 5 nitrogen and oxygen atoms in total. The maximum absolute atomic E-state index is 11.8. The van der Waals surface area contributed by atoms with Crippen LogP contribution in [0, 0.1) is 11.3 Å². The number of benzene rings is 2. The van der Waals surface area contributed by atoms with E-state index in [1.807, 2.05) is 6.07 Å². The molecular formula is C20H16N2O3. The van der Waals surface area contributed by atoms with Gasteiger partial charge in [0.05, 0.1) is 11.6 Å². The van der Waals surface area contributed by atoms with E-state index in [4.69, 9.17) is 10.00 Å². The Balaban J connectivity index is 1.93. The molecule has 0 saturated carbocycles. The molecule has 0 radical (unpaired) electrons. The van der Waals surface area contributed by atoms with Crippen molar-refractivity contribution < 1.29 is 14.3 Å². The van der Waals surface area contributed by atoms with E-state index in [0.29, 0.717) is 22.6 Å². The topological polar surface area (TPSA) is 79.2 Å². The molecule has 1 N–H and O–H groups in total. The fourth-order valence-electron chi connectivity index (χ4n) is 1.83. The van der Waals surface area contributed by atoms with Crippen molar-refractivity contribution in [3.63, 3.8) is 0 Å². The molecule has 0 atom stereocenters. The summed E-state index contributed by atoms with van der Waals surface area (Å²) in [6.45, 7) is 5.18. The second-order valence-corrected chi connectivity index (χ2v) is 5.25. The fraction of sp³-hybridized carbons (Fsp3) is 0.0500. The van der Waals surface area contributed by atoms with Crippen molar-refractivity contribution in [1.82, 2.24) is 0 Å². The van der Waals surface area contributed by atoms with Crippen LogP contribution < -0.4 is 10.1 Å². The number of anilines is 1. The molecule has 0 saturated heterocycles. The first-order valence-corrected chi connectivity index (χ1v) is 7.45. The largest absolute Gasteiger partial charge is 0.423 e. The number of amides is 1. The van der Waals surface area contributed by atoms with E-state index < -0.39 is 5.97 Å². The zero-order chi connectivity index (χ0) is 18.2. The second kappa shape index (κ2) is 8.27. The van der Waals surface area contributed by atoms with Gasteiger partial charge in [0.25, 0.3) is 5.91 Å². The number of hydrogen-bond donors (Lipinski definition) is 1. The second-order valence-electron chi connectivity index (χ2n) is 5.25. The molecule has 0 aliphatic carbocycles. The third kappa shape index (κ3) is 5.48. The van der Waals surface area contributed by atoms with Crippen LogP contribution in [0.2, 0.25) is 0 Å². The van der Waals surface area contributed by atoms with E-state index in [0.717, 1.165) is 5.56 Å². The Bertz CT molecular complexity index is 857. The van der Waals surface area contributed by atoms with Gasteiger partial charge in [-0.3, -0.25) is 4.79 Å². The van der Waals surface area contributed by atoms with Crippen LogP contribution in [0.15, 0.2) is 66.8 Å². The molecule has 0 aliphatic heterocycles. The highest BCUT2D eigenvalue weighted by Gasteiger charge is 2.04. The molecule has 2 aromatic rings. The Hall–Kier alpha value is -3.65. The van der Waals surface area contributed by atoms with Crippen molar-refractivity contribution >= 4 is 23.6 Å². The third-order valence-electron chi connectivity index (χ3n) is 3.17. The van der Waals surface area contributed by atoms with Crippen molar-refractivity contribution in [3.05, 3.63) is 77.9 Å². The number of carbonyl (C=O) groups is 2. The normalized spacial score (nSPS) is 10.1. The number of carbonyl (C=O) groups excluding carboxylic acids is 2. The predicted octanol–water partition coefficient (Wildman–Crippen LogP) is 3.69. The molecular weight excluding hydrogens is 316 g/mol. The van der Waals surface area contributed by atoms with Gasteiger partial charge in [0.15, 0.2) is 0 Å². The number of hydrogen-bond acceptors (Lipinski definition) is 4. The highest BCUT2D eigenvalue weighted by atomic mass is 16.5. The quantitative estimate of drug-likeness (QED) is 0.514. The van der Waals surface area contributed by atoms with E-state index in [2.05, 4.69) is 11.9 Å². The monoisotopic (exact) mass is 332 g/mol. The van der Waals surface area contributed by atoms with Gasteiger partial charge >= 0.3 is 5.97 Å². The standard InChI is InChI=1S/C20H16N2O3/c1-14(2)20(24)22-17-8-10-18(11-9-17)25-19(23)12-7-15-3-5-16(13-21)6-4-15/h3-12H,1H2,2H3,(H,22,24). The lowest BCUT2D eigenvalue weighted by Gasteiger charge is -2.06. The third-order valence-corrected chi connectivity index (χ3v) is 3.17. The molecule has 0 unspecified atom stereocenters. The molecule has 0 spiro atoms. The summed E-state index contributed by atoms with van der Waals surface area (Å²) in [5.41, 5.74) is 2.33. The van der Waals surface area contributed by atoms with Gasteiger partial charge in [-0.25, -0.2) is 4.79 Å². The minimum Gasteiger partial charge on any atom is -0.423 e. The summed E-state index contributed by atoms with van der Waals surface area (Å²) in [5.74, 6) is -0.430. The molecule has 0 bridgehead atoms. The Kier molecular flexibility index (Phi) is 5.86. The SMILES string of the molecule is C=C(C)C(=O)Nc1ccc(OC(=O)C=Cc2ccc(C#N)cc2)cc1. The average molecular weight is 332 g/mol. The molecule has 124 valence electrons. The van der Waals surface area contributed by atoms with Crippen molar-refractivity contribution in [2.45, 2.75) is 6.92 Å². The van der Waals surface area contributed by atoms with Gasteiger partial charge in [0.2, 0.25) is 0 Å². The highest BCUT2D eigenvalue weighted by molar-refractivity contribution is 6.02. The predicted molar refractivity (Wildman–Crippen MR) is 95.7 cm³/mol. The van der Waals surface area contributed by atoms with E-state index in [9.17, 15) is 9.59 Å². The molecule has 25 heavy (non-hydrogen) atoms. The first-order valence-electron chi connectivity index (χ1n) is 7.45. The molecule has 0 fully saturated rings. The minimum absolute atomic E-state index is 0.268. The lowest BCUT2D eigenvalue weighted by Crippen LogP contribution is -2.11. The first kappa shape index (κ1) is 17.7. The smallest absolute Gasteiger partial charge is 0.336 e. The summed E-state index contributed by atoms with van der Waals surface area (Å²) in [7, 11) is 0. The number of nitrogens with one attached hydrogen (secondary N) is 1. The van der Waals surface area contributed by atoms with Crippen LogP contribution in [0.25, 0.3) is 6.08 Å². The van der Waals surface area contributed by atoms with Crippen LogP contribution in [0.4, 0.5) is 5.69 Å². The van der Waals surface area contributed by atoms with E-state index in [1.165, 1.54) is 6.08 Å². The van der Waals surface area contributed by atoms with Crippen molar-refractivity contribution in [3.8, 4) is 11.8 Å². The van der Waals surface area contributed by atoms with Gasteiger partial charge in [-0.15, -0.1) is 0 Å². The van der Waals surface area contributed by atoms with Gasteiger partial charge in [0.1, 0.15) is 5.75 Å². The van der Waals surface area contributed by atoms with Crippen LogP contribution in [0.3, 0.4) is 0 Å². The molecule has 5 heteroatoms. The van der Waals surface area contributed by atoms with E-state index >= 15 is 0 Å². The van der Waals surface area contributed by atoms with Gasteiger partial charge in [-0.05, 0) is 55.0 Å².